The molecule has 2 aliphatic rings. The fourth-order valence-electron chi connectivity index (χ4n) is 6.77. The van der Waals surface area contributed by atoms with Crippen molar-refractivity contribution < 1.29 is 50.1 Å². The van der Waals surface area contributed by atoms with E-state index in [0.29, 0.717) is 58.7 Å². The molecule has 1 fully saturated rings. The fraction of sp³-hybridized carbons (Fsp3) is 0.395. The van der Waals surface area contributed by atoms with Crippen molar-refractivity contribution in [3.8, 4) is 17.0 Å². The van der Waals surface area contributed by atoms with Crippen LogP contribution in [0.4, 0.5) is 31.1 Å². The van der Waals surface area contributed by atoms with E-state index in [1.54, 1.807) is 24.4 Å². The molecule has 1 aliphatic heterocycles. The van der Waals surface area contributed by atoms with E-state index >= 15 is 0 Å². The molecule has 2 atom stereocenters. The number of benzene rings is 2. The zero-order valence-corrected chi connectivity index (χ0v) is 29.0. The van der Waals surface area contributed by atoms with E-state index < -0.39 is 53.3 Å². The summed E-state index contributed by atoms with van der Waals surface area (Å²) in [4.78, 5) is 31.5. The maximum Gasteiger partial charge on any atom is 0.416 e. The number of carbonyl (C=O) groups excluding carboxylic acids is 2. The number of esters is 1. The number of halogens is 6. The molecule has 13 heteroatoms. The number of methoxy groups -OCH3 is 2. The number of hydrogen-bond acceptors (Lipinski definition) is 6. The number of hydrogen-bond donors (Lipinski definition) is 0. The summed E-state index contributed by atoms with van der Waals surface area (Å²) in [7, 11) is 2.78. The zero-order valence-electron chi connectivity index (χ0n) is 29.0. The van der Waals surface area contributed by atoms with E-state index in [0.717, 1.165) is 23.1 Å². The minimum absolute atomic E-state index is 0.0125. The second kappa shape index (κ2) is 13.7. The predicted molar refractivity (Wildman–Crippen MR) is 179 cm³/mol. The molecule has 1 aromatic heterocycles. The number of cyclic esters (lactones) is 1. The molecular weight excluding hydrogens is 678 g/mol. The van der Waals surface area contributed by atoms with Crippen molar-refractivity contribution in [3.63, 3.8) is 0 Å². The molecule has 7 nitrogen and oxygen atoms in total. The Bertz CT molecular complexity index is 1880. The van der Waals surface area contributed by atoms with Crippen molar-refractivity contribution in [1.29, 1.82) is 0 Å². The number of allylic oxidation sites excluding steroid dienone is 2. The molecule has 0 N–H and O–H groups in total. The van der Waals surface area contributed by atoms with Crippen molar-refractivity contribution >= 4 is 23.2 Å². The van der Waals surface area contributed by atoms with Gasteiger partial charge in [-0.25, -0.2) is 14.6 Å². The van der Waals surface area contributed by atoms with Gasteiger partial charge in [0.05, 0.1) is 37.0 Å². The summed E-state index contributed by atoms with van der Waals surface area (Å²) in [5, 5.41) is 0. The van der Waals surface area contributed by atoms with Gasteiger partial charge in [0.2, 0.25) is 5.88 Å². The molecule has 2 aromatic carbocycles. The molecule has 2 heterocycles. The Hall–Kier alpha value is -4.81. The lowest BCUT2D eigenvalue weighted by atomic mass is 9.72. The first-order valence-corrected chi connectivity index (χ1v) is 16.1. The van der Waals surface area contributed by atoms with Crippen LogP contribution >= 0.6 is 0 Å². The number of nitrogens with zero attached hydrogens (tertiary/aromatic N) is 2. The summed E-state index contributed by atoms with van der Waals surface area (Å²) in [5.41, 5.74) is 2.00. The third-order valence-electron chi connectivity index (χ3n) is 9.44. The van der Waals surface area contributed by atoms with Gasteiger partial charge in [0.15, 0.2) is 0 Å². The standard InChI is InChI=1S/C38H38F6N2O5/c1-20(2)30-14-22(34(47)50-7)8-9-28(30)24-15-31(33(49-6)45-18-24)29-10-11-36(4,5)17-25(29)19-46-21(3)32(51-35(46)48)23-12-26(37(39,40)41)16-27(13-23)38(42,43)44/h8-9,12-16,18,21,32H,1,10-11,17,19H2,2-7H3/t21-,32-/m0/s1. The Morgan fingerprint density at radius 3 is 2.24 bits per heavy atom. The summed E-state index contributed by atoms with van der Waals surface area (Å²) >= 11 is 0. The highest BCUT2D eigenvalue weighted by Crippen LogP contribution is 2.47. The number of carbonyl (C=O) groups is 2. The van der Waals surface area contributed by atoms with E-state index in [1.807, 2.05) is 13.0 Å². The lowest BCUT2D eigenvalue weighted by Crippen LogP contribution is -2.35. The molecule has 0 radical (unpaired) electrons. The van der Waals surface area contributed by atoms with Gasteiger partial charge >= 0.3 is 24.4 Å². The van der Waals surface area contributed by atoms with E-state index in [1.165, 1.54) is 26.0 Å². The Morgan fingerprint density at radius 1 is 1.02 bits per heavy atom. The summed E-state index contributed by atoms with van der Waals surface area (Å²) in [6.07, 6.45) is -8.82. The topological polar surface area (TPSA) is 78.0 Å². The minimum atomic E-state index is -5.05. The Balaban J connectivity index is 1.57. The van der Waals surface area contributed by atoms with Gasteiger partial charge < -0.3 is 14.2 Å². The van der Waals surface area contributed by atoms with Crippen molar-refractivity contribution in [2.45, 2.75) is 71.5 Å². The van der Waals surface area contributed by atoms with Crippen molar-refractivity contribution in [1.82, 2.24) is 9.88 Å². The van der Waals surface area contributed by atoms with Crippen LogP contribution in [0.2, 0.25) is 0 Å². The molecule has 5 rings (SSSR count). The van der Waals surface area contributed by atoms with Gasteiger partial charge in [0, 0.05) is 23.9 Å². The van der Waals surface area contributed by atoms with Crippen molar-refractivity contribution in [2.24, 2.45) is 5.41 Å². The first-order valence-electron chi connectivity index (χ1n) is 16.1. The highest BCUT2D eigenvalue weighted by Gasteiger charge is 2.44. The summed E-state index contributed by atoms with van der Waals surface area (Å²) < 4.78 is 98.0. The Kier molecular flexibility index (Phi) is 10.1. The van der Waals surface area contributed by atoms with E-state index in [4.69, 9.17) is 14.2 Å². The molecule has 1 saturated heterocycles. The first-order chi connectivity index (χ1) is 23.7. The average Bonchev–Trinajstić information content (AvgIpc) is 3.34. The molecule has 0 saturated carbocycles. The number of aromatic nitrogens is 1. The number of pyridine rings is 1. The highest BCUT2D eigenvalue weighted by molar-refractivity contribution is 5.93. The van der Waals surface area contributed by atoms with Gasteiger partial charge in [-0.05, 0) is 103 Å². The third kappa shape index (κ3) is 7.77. The smallest absolute Gasteiger partial charge is 0.416 e. The maximum absolute atomic E-state index is 13.7. The van der Waals surface area contributed by atoms with Crippen LogP contribution in [-0.4, -0.2) is 48.8 Å². The number of amides is 1. The van der Waals surface area contributed by atoms with Gasteiger partial charge in [-0.2, -0.15) is 26.3 Å². The minimum Gasteiger partial charge on any atom is -0.481 e. The molecule has 3 aromatic rings. The maximum atomic E-state index is 13.7. The van der Waals surface area contributed by atoms with Crippen LogP contribution in [0.3, 0.4) is 0 Å². The van der Waals surface area contributed by atoms with Crippen LogP contribution in [0.5, 0.6) is 5.88 Å². The predicted octanol–water partition coefficient (Wildman–Crippen LogP) is 10.2. The van der Waals surface area contributed by atoms with Crippen molar-refractivity contribution in [3.05, 3.63) is 94.2 Å². The summed E-state index contributed by atoms with van der Waals surface area (Å²) in [6, 6.07) is 7.37. The number of alkyl halides is 6. The van der Waals surface area contributed by atoms with E-state index in [2.05, 4.69) is 25.4 Å². The molecule has 1 aliphatic carbocycles. The van der Waals surface area contributed by atoms with E-state index in [9.17, 15) is 35.9 Å². The molecule has 0 unspecified atom stereocenters. The van der Waals surface area contributed by atoms with Gasteiger partial charge in [0.1, 0.15) is 6.10 Å². The lowest BCUT2D eigenvalue weighted by molar-refractivity contribution is -0.143. The van der Waals surface area contributed by atoms with Crippen LogP contribution in [0.1, 0.15) is 91.2 Å². The molecule has 272 valence electrons. The summed E-state index contributed by atoms with van der Waals surface area (Å²) in [6.45, 7) is 11.6. The summed E-state index contributed by atoms with van der Waals surface area (Å²) in [5.74, 6) is -0.171. The van der Waals surface area contributed by atoms with Crippen LogP contribution < -0.4 is 4.74 Å². The zero-order chi connectivity index (χ0) is 37.6. The molecule has 51 heavy (non-hydrogen) atoms. The van der Waals surface area contributed by atoms with Crippen molar-refractivity contribution in [2.75, 3.05) is 20.8 Å². The number of ether oxygens (including phenoxy) is 3. The van der Waals surface area contributed by atoms with Crippen LogP contribution in [0.15, 0.2) is 60.8 Å². The molecule has 0 spiro atoms. The molecular formula is C38H38F6N2O5. The largest absolute Gasteiger partial charge is 0.481 e. The third-order valence-corrected chi connectivity index (χ3v) is 9.44. The second-order valence-electron chi connectivity index (χ2n) is 13.7. The Labute approximate surface area is 291 Å². The average molecular weight is 717 g/mol. The normalized spacial score (nSPS) is 19.2. The van der Waals surface area contributed by atoms with Gasteiger partial charge in [0.25, 0.3) is 0 Å². The monoisotopic (exact) mass is 716 g/mol. The van der Waals surface area contributed by atoms with Gasteiger partial charge in [-0.15, -0.1) is 0 Å². The van der Waals surface area contributed by atoms with Crippen LogP contribution in [-0.2, 0) is 21.8 Å². The van der Waals surface area contributed by atoms with Crippen LogP contribution in [0, 0.1) is 5.41 Å². The lowest BCUT2D eigenvalue weighted by Gasteiger charge is -2.35. The quantitative estimate of drug-likeness (QED) is 0.171. The fourth-order valence-corrected chi connectivity index (χ4v) is 6.77. The molecule has 0 bridgehead atoms. The number of rotatable bonds is 8. The second-order valence-corrected chi connectivity index (χ2v) is 13.7. The Morgan fingerprint density at radius 2 is 1.67 bits per heavy atom. The first kappa shape index (κ1) is 37.4. The SMILES string of the molecule is C=C(C)c1cc(C(=O)OC)ccc1-c1cnc(OC)c(C2=C(CN3C(=O)O[C@H](c4cc(C(F)(F)F)cc(C(F)(F)F)c4)[C@@H]3C)CC(C)(C)CC2)c1. The van der Waals surface area contributed by atoms with Crippen LogP contribution in [0.25, 0.3) is 22.3 Å². The van der Waals surface area contributed by atoms with E-state index in [-0.39, 0.29) is 18.0 Å². The van der Waals surface area contributed by atoms with Gasteiger partial charge in [-0.3, -0.25) is 4.90 Å². The van der Waals surface area contributed by atoms with Gasteiger partial charge in [-0.1, -0.05) is 32.1 Å². The molecule has 1 amide bonds. The highest BCUT2D eigenvalue weighted by atomic mass is 19.4.